The zero-order valence-electron chi connectivity index (χ0n) is 15.1. The minimum Gasteiger partial charge on any atom is -0.382 e. The molecular formula is C20H22FNO4S. The molecule has 2 aromatic carbocycles. The number of carbonyl (C=O) groups excluding carboxylic acids is 1. The van der Waals surface area contributed by atoms with Crippen molar-refractivity contribution in [1.29, 1.82) is 0 Å². The summed E-state index contributed by atoms with van der Waals surface area (Å²) in [7, 11) is -3.67. The molecular weight excluding hydrogens is 369 g/mol. The zero-order valence-corrected chi connectivity index (χ0v) is 15.9. The molecule has 1 amide bonds. The van der Waals surface area contributed by atoms with E-state index in [2.05, 4.69) is 0 Å². The predicted molar refractivity (Wildman–Crippen MR) is 99.9 cm³/mol. The summed E-state index contributed by atoms with van der Waals surface area (Å²) in [5.41, 5.74) is 1.42. The van der Waals surface area contributed by atoms with Crippen molar-refractivity contribution in [2.45, 2.75) is 32.4 Å². The molecule has 1 fully saturated rings. The summed E-state index contributed by atoms with van der Waals surface area (Å²) in [6.45, 7) is 0.543. The first-order chi connectivity index (χ1) is 12.8. The van der Waals surface area contributed by atoms with Gasteiger partial charge in [0.1, 0.15) is 11.6 Å². The second-order valence-electron chi connectivity index (χ2n) is 6.84. The molecule has 0 atom stereocenters. The van der Waals surface area contributed by atoms with Crippen molar-refractivity contribution in [3.05, 3.63) is 65.5 Å². The summed E-state index contributed by atoms with van der Waals surface area (Å²) in [4.78, 5) is 14.6. The average molecular weight is 391 g/mol. The number of amides is 1. The maximum Gasteiger partial charge on any atom is 0.306 e. The lowest BCUT2D eigenvalue weighted by Gasteiger charge is -2.32. The molecule has 27 heavy (non-hydrogen) atoms. The average Bonchev–Trinajstić information content (AvgIpc) is 2.55. The molecule has 0 aromatic heterocycles. The van der Waals surface area contributed by atoms with Crippen molar-refractivity contribution in [2.75, 3.05) is 6.26 Å². The van der Waals surface area contributed by atoms with E-state index in [0.717, 1.165) is 31.1 Å². The van der Waals surface area contributed by atoms with Gasteiger partial charge in [0.2, 0.25) is 5.91 Å². The van der Waals surface area contributed by atoms with Crippen molar-refractivity contribution in [1.82, 2.24) is 4.90 Å². The van der Waals surface area contributed by atoms with Gasteiger partial charge in [0, 0.05) is 24.6 Å². The van der Waals surface area contributed by atoms with E-state index in [0.29, 0.717) is 12.1 Å². The Bertz CT molecular complexity index is 908. The quantitative estimate of drug-likeness (QED) is 0.678. The van der Waals surface area contributed by atoms with Gasteiger partial charge >= 0.3 is 10.1 Å². The van der Waals surface area contributed by atoms with Crippen LogP contribution in [0.5, 0.6) is 5.75 Å². The molecule has 0 radical (unpaired) electrons. The molecule has 0 bridgehead atoms. The summed E-state index contributed by atoms with van der Waals surface area (Å²) in [6, 6.07) is 12.8. The molecule has 0 heterocycles. The lowest BCUT2D eigenvalue weighted by molar-refractivity contribution is -0.139. The van der Waals surface area contributed by atoms with Gasteiger partial charge < -0.3 is 9.08 Å². The Labute approximate surface area is 158 Å². The number of benzene rings is 2. The van der Waals surface area contributed by atoms with Crippen molar-refractivity contribution in [3.8, 4) is 5.75 Å². The Morgan fingerprint density at radius 2 is 1.78 bits per heavy atom. The Hall–Kier alpha value is -2.41. The van der Waals surface area contributed by atoms with E-state index in [-0.39, 0.29) is 29.9 Å². The number of rotatable bonds is 7. The van der Waals surface area contributed by atoms with E-state index in [1.54, 1.807) is 41.3 Å². The maximum atomic E-state index is 13.2. The third-order valence-corrected chi connectivity index (χ3v) is 5.11. The first-order valence-electron chi connectivity index (χ1n) is 8.82. The third kappa shape index (κ3) is 5.29. The number of hydrogen-bond acceptors (Lipinski definition) is 4. The first kappa shape index (κ1) is 19.4. The van der Waals surface area contributed by atoms with E-state index in [4.69, 9.17) is 4.18 Å². The molecule has 2 aromatic rings. The lowest BCUT2D eigenvalue weighted by atomic mass is 9.84. The largest absolute Gasteiger partial charge is 0.382 e. The van der Waals surface area contributed by atoms with Crippen LogP contribution in [0, 0.1) is 11.7 Å². The molecule has 0 aliphatic heterocycles. The fourth-order valence-corrected chi connectivity index (χ4v) is 3.51. The number of nitrogens with zero attached hydrogens (tertiary/aromatic N) is 1. The monoisotopic (exact) mass is 391 g/mol. The molecule has 3 rings (SSSR count). The summed E-state index contributed by atoms with van der Waals surface area (Å²) in [6.07, 6.45) is 3.74. The molecule has 0 unspecified atom stereocenters. The van der Waals surface area contributed by atoms with E-state index < -0.39 is 10.1 Å². The Morgan fingerprint density at radius 1 is 1.11 bits per heavy atom. The minimum absolute atomic E-state index is 0.00608. The molecule has 1 saturated carbocycles. The standard InChI is InChI=1S/C20H22FNO4S/c1-27(24,25)26-19-8-3-2-5-17(19)14-22(20(23)16-6-4-7-16)13-15-9-11-18(21)12-10-15/h2-3,5,8-12,16H,4,6-7,13-14H2,1H3. The van der Waals surface area contributed by atoms with Crippen LogP contribution in [0.15, 0.2) is 48.5 Å². The van der Waals surface area contributed by atoms with E-state index in [1.165, 1.54) is 12.1 Å². The van der Waals surface area contributed by atoms with Gasteiger partial charge in [0.15, 0.2) is 0 Å². The molecule has 0 saturated heterocycles. The summed E-state index contributed by atoms with van der Waals surface area (Å²) in [5.74, 6) is -0.0961. The van der Waals surface area contributed by atoms with Crippen molar-refractivity contribution in [3.63, 3.8) is 0 Å². The SMILES string of the molecule is CS(=O)(=O)Oc1ccccc1CN(Cc1ccc(F)cc1)C(=O)C1CCC1. The lowest BCUT2D eigenvalue weighted by Crippen LogP contribution is -2.38. The van der Waals surface area contributed by atoms with Crippen LogP contribution in [0.2, 0.25) is 0 Å². The molecule has 144 valence electrons. The summed E-state index contributed by atoms with van der Waals surface area (Å²) >= 11 is 0. The second kappa shape index (κ2) is 8.08. The number of para-hydroxylation sites is 1. The minimum atomic E-state index is -3.67. The normalized spacial score (nSPS) is 14.4. The number of halogens is 1. The Balaban J connectivity index is 1.85. The van der Waals surface area contributed by atoms with Crippen molar-refractivity contribution >= 4 is 16.0 Å². The Morgan fingerprint density at radius 3 is 2.37 bits per heavy atom. The van der Waals surface area contributed by atoms with Gasteiger partial charge in [0.05, 0.1) is 6.26 Å². The molecule has 7 heteroatoms. The smallest absolute Gasteiger partial charge is 0.306 e. The Kier molecular flexibility index (Phi) is 5.79. The van der Waals surface area contributed by atoms with Gasteiger partial charge in [-0.1, -0.05) is 36.8 Å². The molecule has 0 spiro atoms. The fourth-order valence-electron chi connectivity index (χ4n) is 3.02. The van der Waals surface area contributed by atoms with Crippen LogP contribution in [0.1, 0.15) is 30.4 Å². The van der Waals surface area contributed by atoms with Crippen molar-refractivity contribution < 1.29 is 21.8 Å². The van der Waals surface area contributed by atoms with Gasteiger partial charge in [-0.15, -0.1) is 0 Å². The highest BCUT2D eigenvalue weighted by Gasteiger charge is 2.30. The van der Waals surface area contributed by atoms with Crippen LogP contribution in [0.25, 0.3) is 0 Å². The van der Waals surface area contributed by atoms with Gasteiger partial charge in [0.25, 0.3) is 0 Å². The molecule has 1 aliphatic rings. The zero-order chi connectivity index (χ0) is 19.4. The fraction of sp³-hybridized carbons (Fsp3) is 0.350. The van der Waals surface area contributed by atoms with Crippen LogP contribution in [0.4, 0.5) is 4.39 Å². The van der Waals surface area contributed by atoms with Gasteiger partial charge in [-0.25, -0.2) is 4.39 Å². The molecule has 0 N–H and O–H groups in total. The highest BCUT2D eigenvalue weighted by Crippen LogP contribution is 2.30. The van der Waals surface area contributed by atoms with Crippen LogP contribution >= 0.6 is 0 Å². The molecule has 5 nitrogen and oxygen atoms in total. The van der Waals surface area contributed by atoms with E-state index in [9.17, 15) is 17.6 Å². The third-order valence-electron chi connectivity index (χ3n) is 4.63. The summed E-state index contributed by atoms with van der Waals surface area (Å²) in [5, 5.41) is 0. The van der Waals surface area contributed by atoms with E-state index >= 15 is 0 Å². The number of hydrogen-bond donors (Lipinski definition) is 0. The number of carbonyl (C=O) groups is 1. The second-order valence-corrected chi connectivity index (χ2v) is 8.42. The van der Waals surface area contributed by atoms with Crippen LogP contribution < -0.4 is 4.18 Å². The van der Waals surface area contributed by atoms with Crippen LogP contribution in [0.3, 0.4) is 0 Å². The topological polar surface area (TPSA) is 63.7 Å². The maximum absolute atomic E-state index is 13.2. The van der Waals surface area contributed by atoms with Gasteiger partial charge in [-0.2, -0.15) is 8.42 Å². The van der Waals surface area contributed by atoms with E-state index in [1.807, 2.05) is 0 Å². The van der Waals surface area contributed by atoms with Crippen molar-refractivity contribution in [2.24, 2.45) is 5.92 Å². The van der Waals surface area contributed by atoms with Gasteiger partial charge in [-0.05, 0) is 36.6 Å². The highest BCUT2D eigenvalue weighted by molar-refractivity contribution is 7.86. The first-order valence-corrected chi connectivity index (χ1v) is 10.6. The van der Waals surface area contributed by atoms with Crippen LogP contribution in [-0.4, -0.2) is 25.5 Å². The van der Waals surface area contributed by atoms with Crippen LogP contribution in [-0.2, 0) is 28.0 Å². The highest BCUT2D eigenvalue weighted by atomic mass is 32.2. The molecule has 1 aliphatic carbocycles. The summed E-state index contributed by atoms with van der Waals surface area (Å²) < 4.78 is 41.3. The van der Waals surface area contributed by atoms with Gasteiger partial charge in [-0.3, -0.25) is 4.79 Å². The predicted octanol–water partition coefficient (Wildman–Crippen LogP) is 3.49.